The van der Waals surface area contributed by atoms with E-state index in [1.165, 1.54) is 6.07 Å². The average Bonchev–Trinajstić information content (AvgIpc) is 3.67. The Morgan fingerprint density at radius 3 is 1.66 bits per heavy atom. The molecule has 0 radical (unpaired) electrons. The predicted molar refractivity (Wildman–Crippen MR) is 198 cm³/mol. The monoisotopic (exact) mass is 611 g/mol. The van der Waals surface area contributed by atoms with Gasteiger partial charge in [0.1, 0.15) is 5.82 Å². The van der Waals surface area contributed by atoms with Crippen LogP contribution in [0.5, 0.6) is 0 Å². The van der Waals surface area contributed by atoms with Crippen molar-refractivity contribution in [1.29, 1.82) is 0 Å². The summed E-state index contributed by atoms with van der Waals surface area (Å²) in [5.41, 5.74) is 3.82. The largest absolute Gasteiger partial charge is 0.292 e. The molecule has 0 saturated heterocycles. The second kappa shape index (κ2) is 11.3. The van der Waals surface area contributed by atoms with Gasteiger partial charge in [0.15, 0.2) is 0 Å². The van der Waals surface area contributed by atoms with E-state index in [0.29, 0.717) is 17.1 Å². The van der Waals surface area contributed by atoms with Crippen molar-refractivity contribution in [1.82, 2.24) is 9.55 Å². The van der Waals surface area contributed by atoms with Gasteiger partial charge in [0.05, 0.1) is 28.9 Å². The normalized spacial score (nSPS) is 15.3. The summed E-state index contributed by atoms with van der Waals surface area (Å²) in [4.78, 5) is 4.93. The number of imidazole rings is 1. The fourth-order valence-electron chi connectivity index (χ4n) is 6.33. The SMILES string of the molecule is [2H]c1c([2H])c([2H])c(-c2ccccc2-c2c3c([2H])c([2H])c([2H])c([2H])c3c(-c3ccc(-n4c(-c5ccccc5)nc5ccccc54)cc3)c3c([2H])c([2H])c([2H])c([2H])c23)c([2H])c1[2H]. The van der Waals surface area contributed by atoms with Gasteiger partial charge in [0, 0.05) is 11.3 Å². The average molecular weight is 612 g/mol. The minimum atomic E-state index is -0.599. The third-order valence-electron chi connectivity index (χ3n) is 8.35. The summed E-state index contributed by atoms with van der Waals surface area (Å²) in [5, 5.41) is -0.167. The molecule has 1 heterocycles. The molecule has 9 rings (SSSR count). The van der Waals surface area contributed by atoms with Crippen LogP contribution in [-0.4, -0.2) is 9.55 Å². The number of rotatable bonds is 5. The maximum Gasteiger partial charge on any atom is 0.145 e. The van der Waals surface area contributed by atoms with Gasteiger partial charge in [-0.2, -0.15) is 0 Å². The van der Waals surface area contributed by atoms with Crippen molar-refractivity contribution in [3.63, 3.8) is 0 Å². The quantitative estimate of drug-likeness (QED) is 0.177. The van der Waals surface area contributed by atoms with Gasteiger partial charge < -0.3 is 0 Å². The zero-order chi connectivity index (χ0) is 42.5. The standard InChI is InChI=1S/C45H30N2/c1-3-15-31(16-4-1)35-19-7-8-20-36(35)44-39-23-11-9-21-37(39)43(38-22-10-12-24-40(38)44)32-27-29-34(30-28-32)47-42-26-14-13-25-41(42)46-45(47)33-17-5-2-6-18-33/h1-30H/i1D,3D,4D,9D,10D,11D,12D,15D,16D,21D,22D,23D,24D. The molecule has 0 aliphatic carbocycles. The number of benzene rings is 8. The highest BCUT2D eigenvalue weighted by Gasteiger charge is 2.19. The summed E-state index contributed by atoms with van der Waals surface area (Å²) < 4.78 is 118. The lowest BCUT2D eigenvalue weighted by atomic mass is 9.84. The van der Waals surface area contributed by atoms with E-state index in [4.69, 9.17) is 17.3 Å². The second-order valence-electron chi connectivity index (χ2n) is 11.0. The molecule has 47 heavy (non-hydrogen) atoms. The molecule has 0 saturated carbocycles. The van der Waals surface area contributed by atoms with E-state index in [0.717, 1.165) is 16.6 Å². The first-order valence-corrected chi connectivity index (χ1v) is 15.0. The Hall–Kier alpha value is -6.25. The van der Waals surface area contributed by atoms with Gasteiger partial charge in [-0.25, -0.2) is 4.98 Å². The van der Waals surface area contributed by atoms with Crippen LogP contribution >= 0.6 is 0 Å². The Balaban J connectivity index is 1.42. The van der Waals surface area contributed by atoms with E-state index in [1.54, 1.807) is 30.3 Å². The fourth-order valence-corrected chi connectivity index (χ4v) is 6.33. The van der Waals surface area contributed by atoms with Crippen LogP contribution in [0.3, 0.4) is 0 Å². The second-order valence-corrected chi connectivity index (χ2v) is 11.0. The van der Waals surface area contributed by atoms with Gasteiger partial charge in [-0.05, 0) is 79.2 Å². The number of hydrogen-bond acceptors (Lipinski definition) is 1. The van der Waals surface area contributed by atoms with Crippen molar-refractivity contribution in [3.05, 3.63) is 182 Å². The first kappa shape index (κ1) is 16.9. The van der Waals surface area contributed by atoms with E-state index in [1.807, 2.05) is 71.3 Å². The van der Waals surface area contributed by atoms with Gasteiger partial charge in [-0.15, -0.1) is 0 Å². The molecule has 0 aliphatic rings. The first-order valence-electron chi connectivity index (χ1n) is 21.5. The molecular weight excluding hydrogens is 569 g/mol. The molecule has 0 spiro atoms. The molecule has 9 aromatic rings. The maximum atomic E-state index is 9.39. The van der Waals surface area contributed by atoms with Crippen molar-refractivity contribution in [2.24, 2.45) is 0 Å². The van der Waals surface area contributed by atoms with Crippen LogP contribution in [0.15, 0.2) is 182 Å². The Kier molecular flexibility index (Phi) is 4.05. The third kappa shape index (κ3) is 4.54. The predicted octanol–water partition coefficient (Wildman–Crippen LogP) is 12.0. The highest BCUT2D eigenvalue weighted by Crippen LogP contribution is 2.46. The minimum absolute atomic E-state index is 0.000769. The summed E-state index contributed by atoms with van der Waals surface area (Å²) in [6.07, 6.45) is 0. The Bertz CT molecular complexity index is 3180. The van der Waals surface area contributed by atoms with E-state index >= 15 is 0 Å². The number of nitrogens with zero attached hydrogens (tertiary/aromatic N) is 2. The zero-order valence-electron chi connectivity index (χ0n) is 37.7. The first-order chi connectivity index (χ1) is 28.7. The van der Waals surface area contributed by atoms with Gasteiger partial charge in [0.2, 0.25) is 0 Å². The molecule has 0 unspecified atom stereocenters. The zero-order valence-corrected chi connectivity index (χ0v) is 24.7. The van der Waals surface area contributed by atoms with Crippen molar-refractivity contribution in [2.45, 2.75) is 0 Å². The third-order valence-corrected chi connectivity index (χ3v) is 8.35. The van der Waals surface area contributed by atoms with Gasteiger partial charge in [-0.1, -0.05) is 157 Å². The molecule has 0 fully saturated rings. The number of para-hydroxylation sites is 2. The van der Waals surface area contributed by atoms with Gasteiger partial charge in [0.25, 0.3) is 0 Å². The van der Waals surface area contributed by atoms with Crippen LogP contribution in [0.2, 0.25) is 0 Å². The van der Waals surface area contributed by atoms with Crippen LogP contribution in [0.1, 0.15) is 17.8 Å². The van der Waals surface area contributed by atoms with Crippen molar-refractivity contribution in [2.75, 3.05) is 0 Å². The summed E-state index contributed by atoms with van der Waals surface area (Å²) in [5.74, 6) is 0.686. The summed E-state index contributed by atoms with van der Waals surface area (Å²) >= 11 is 0. The highest BCUT2D eigenvalue weighted by atomic mass is 15.1. The van der Waals surface area contributed by atoms with Crippen molar-refractivity contribution >= 4 is 32.6 Å². The van der Waals surface area contributed by atoms with E-state index in [2.05, 4.69) is 0 Å². The molecular formula is C45H30N2. The molecule has 0 amide bonds. The highest BCUT2D eigenvalue weighted by molar-refractivity contribution is 6.22. The number of fused-ring (bicyclic) bond motifs is 3. The molecule has 2 heteroatoms. The van der Waals surface area contributed by atoms with Crippen LogP contribution in [0, 0.1) is 0 Å². The van der Waals surface area contributed by atoms with Crippen LogP contribution in [0.25, 0.3) is 83.0 Å². The molecule has 8 aromatic carbocycles. The smallest absolute Gasteiger partial charge is 0.145 e. The lowest BCUT2D eigenvalue weighted by Crippen LogP contribution is -1.98. The van der Waals surface area contributed by atoms with Gasteiger partial charge in [-0.3, -0.25) is 4.57 Å². The lowest BCUT2D eigenvalue weighted by Gasteiger charge is -2.20. The Morgan fingerprint density at radius 2 is 0.979 bits per heavy atom. The number of hydrogen-bond donors (Lipinski definition) is 0. The molecule has 0 N–H and O–H groups in total. The topological polar surface area (TPSA) is 17.8 Å². The lowest BCUT2D eigenvalue weighted by molar-refractivity contribution is 1.10. The molecule has 2 nitrogen and oxygen atoms in total. The molecule has 0 bridgehead atoms. The molecule has 0 atom stereocenters. The van der Waals surface area contributed by atoms with Crippen LogP contribution in [0.4, 0.5) is 0 Å². The minimum Gasteiger partial charge on any atom is -0.292 e. The van der Waals surface area contributed by atoms with E-state index in [9.17, 15) is 5.48 Å². The maximum absolute atomic E-state index is 9.39. The van der Waals surface area contributed by atoms with E-state index in [-0.39, 0.29) is 49.4 Å². The van der Waals surface area contributed by atoms with Crippen molar-refractivity contribution in [3.8, 4) is 50.5 Å². The summed E-state index contributed by atoms with van der Waals surface area (Å²) in [7, 11) is 0. The molecule has 220 valence electrons. The fraction of sp³-hybridized carbons (Fsp3) is 0. The molecule has 1 aromatic heterocycles. The number of aromatic nitrogens is 2. The summed E-state index contributed by atoms with van der Waals surface area (Å²) in [6.45, 7) is 0. The summed E-state index contributed by atoms with van der Waals surface area (Å²) in [6, 6.07) is 23.9. The Labute approximate surface area is 292 Å². The van der Waals surface area contributed by atoms with Gasteiger partial charge >= 0.3 is 0 Å². The van der Waals surface area contributed by atoms with Crippen LogP contribution in [-0.2, 0) is 0 Å². The Morgan fingerprint density at radius 1 is 0.426 bits per heavy atom. The molecule has 0 aliphatic heterocycles. The van der Waals surface area contributed by atoms with Crippen molar-refractivity contribution < 1.29 is 17.8 Å². The van der Waals surface area contributed by atoms with Crippen LogP contribution < -0.4 is 0 Å². The van der Waals surface area contributed by atoms with E-state index < -0.39 is 78.6 Å².